The SMILES string of the molecule is CCOC(=O)C(C)(O)n1nc2ccccc2n1. The number of ether oxygens (including phenoxy) is 1. The van der Waals surface area contributed by atoms with Crippen LogP contribution in [0, 0.1) is 0 Å². The van der Waals surface area contributed by atoms with Crippen LogP contribution in [0.5, 0.6) is 0 Å². The van der Waals surface area contributed by atoms with E-state index in [1.807, 2.05) is 0 Å². The third kappa shape index (κ3) is 1.99. The van der Waals surface area contributed by atoms with Crippen molar-refractivity contribution < 1.29 is 14.6 Å². The minimum atomic E-state index is -1.89. The monoisotopic (exact) mass is 235 g/mol. The summed E-state index contributed by atoms with van der Waals surface area (Å²) in [5, 5.41) is 18.1. The van der Waals surface area contributed by atoms with E-state index in [0.29, 0.717) is 11.0 Å². The normalized spacial score (nSPS) is 14.5. The van der Waals surface area contributed by atoms with Gasteiger partial charge in [-0.1, -0.05) is 12.1 Å². The topological polar surface area (TPSA) is 77.2 Å². The molecule has 90 valence electrons. The van der Waals surface area contributed by atoms with Crippen LogP contribution in [0.15, 0.2) is 24.3 Å². The molecule has 0 aliphatic rings. The lowest BCUT2D eigenvalue weighted by Gasteiger charge is -2.19. The highest BCUT2D eigenvalue weighted by atomic mass is 16.6. The number of hydrogen-bond acceptors (Lipinski definition) is 5. The number of hydrogen-bond donors (Lipinski definition) is 1. The number of fused-ring (bicyclic) bond motifs is 1. The van der Waals surface area contributed by atoms with Gasteiger partial charge in [0.05, 0.1) is 6.61 Å². The van der Waals surface area contributed by atoms with E-state index in [2.05, 4.69) is 10.2 Å². The zero-order valence-corrected chi connectivity index (χ0v) is 9.62. The Balaban J connectivity index is 2.41. The van der Waals surface area contributed by atoms with Gasteiger partial charge in [-0.2, -0.15) is 0 Å². The molecule has 6 heteroatoms. The zero-order valence-electron chi connectivity index (χ0n) is 9.62. The van der Waals surface area contributed by atoms with E-state index in [9.17, 15) is 9.90 Å². The highest BCUT2D eigenvalue weighted by Crippen LogP contribution is 2.15. The van der Waals surface area contributed by atoms with Crippen LogP contribution in [0.1, 0.15) is 13.8 Å². The Kier molecular flexibility index (Phi) is 2.81. The van der Waals surface area contributed by atoms with Crippen molar-refractivity contribution in [3.05, 3.63) is 24.3 Å². The fourth-order valence-corrected chi connectivity index (χ4v) is 1.40. The lowest BCUT2D eigenvalue weighted by Crippen LogP contribution is -2.41. The number of rotatable bonds is 3. The highest BCUT2D eigenvalue weighted by Gasteiger charge is 2.36. The first-order valence-electron chi connectivity index (χ1n) is 5.28. The summed E-state index contributed by atoms with van der Waals surface area (Å²) in [5.74, 6) is -0.777. The Morgan fingerprint density at radius 2 is 1.94 bits per heavy atom. The molecule has 0 aliphatic heterocycles. The summed E-state index contributed by atoms with van der Waals surface area (Å²) in [5.41, 5.74) is -0.677. The quantitative estimate of drug-likeness (QED) is 0.791. The molecule has 6 nitrogen and oxygen atoms in total. The van der Waals surface area contributed by atoms with Crippen LogP contribution in [0.2, 0.25) is 0 Å². The third-order valence-electron chi connectivity index (χ3n) is 2.34. The third-order valence-corrected chi connectivity index (χ3v) is 2.34. The fraction of sp³-hybridized carbons (Fsp3) is 0.364. The molecule has 1 aromatic carbocycles. The van der Waals surface area contributed by atoms with Crippen LogP contribution in [-0.4, -0.2) is 32.7 Å². The van der Waals surface area contributed by atoms with Crippen molar-refractivity contribution in [1.82, 2.24) is 15.0 Å². The summed E-state index contributed by atoms with van der Waals surface area (Å²) >= 11 is 0. The second-order valence-corrected chi connectivity index (χ2v) is 3.72. The van der Waals surface area contributed by atoms with Crippen LogP contribution in [0.25, 0.3) is 11.0 Å². The first-order chi connectivity index (χ1) is 8.05. The first-order valence-corrected chi connectivity index (χ1v) is 5.28. The predicted molar refractivity (Wildman–Crippen MR) is 60.0 cm³/mol. The molecule has 0 saturated carbocycles. The Morgan fingerprint density at radius 1 is 1.41 bits per heavy atom. The molecule has 1 unspecified atom stereocenters. The number of esters is 1. The summed E-state index contributed by atoms with van der Waals surface area (Å²) in [7, 11) is 0. The lowest BCUT2D eigenvalue weighted by molar-refractivity contribution is -0.177. The zero-order chi connectivity index (χ0) is 12.5. The van der Waals surface area contributed by atoms with Gasteiger partial charge in [-0.3, -0.25) is 0 Å². The molecule has 0 bridgehead atoms. The molecule has 0 radical (unpaired) electrons. The number of carbonyl (C=O) groups is 1. The van der Waals surface area contributed by atoms with Gasteiger partial charge in [0.2, 0.25) is 0 Å². The molecule has 2 rings (SSSR count). The maximum Gasteiger partial charge on any atom is 0.363 e. The largest absolute Gasteiger partial charge is 0.462 e. The molecular weight excluding hydrogens is 222 g/mol. The van der Waals surface area contributed by atoms with Gasteiger partial charge in [-0.15, -0.1) is 15.0 Å². The molecular formula is C11H13N3O3. The molecule has 0 fully saturated rings. The summed E-state index contributed by atoms with van der Waals surface area (Å²) in [6, 6.07) is 7.11. The van der Waals surface area contributed by atoms with Gasteiger partial charge < -0.3 is 9.84 Å². The van der Waals surface area contributed by atoms with Gasteiger partial charge in [0, 0.05) is 0 Å². The van der Waals surface area contributed by atoms with E-state index in [-0.39, 0.29) is 6.61 Å². The predicted octanol–water partition coefficient (Wildman–Crippen LogP) is 0.659. The van der Waals surface area contributed by atoms with Gasteiger partial charge in [0.1, 0.15) is 11.0 Å². The number of carbonyl (C=O) groups excluding carboxylic acids is 1. The summed E-state index contributed by atoms with van der Waals surface area (Å²) in [4.78, 5) is 12.5. The van der Waals surface area contributed by atoms with E-state index in [1.165, 1.54) is 6.92 Å². The number of nitrogens with zero attached hydrogens (tertiary/aromatic N) is 3. The molecule has 0 amide bonds. The van der Waals surface area contributed by atoms with Crippen LogP contribution in [0.3, 0.4) is 0 Å². The molecule has 1 heterocycles. The fourth-order valence-electron chi connectivity index (χ4n) is 1.40. The number of benzene rings is 1. The van der Waals surface area contributed by atoms with E-state index in [4.69, 9.17) is 4.74 Å². The number of aliphatic hydroxyl groups is 1. The van der Waals surface area contributed by atoms with Crippen molar-refractivity contribution in [2.75, 3.05) is 6.61 Å². The molecule has 0 spiro atoms. The van der Waals surface area contributed by atoms with Gasteiger partial charge in [-0.25, -0.2) is 4.79 Å². The summed E-state index contributed by atoms with van der Waals surface area (Å²) in [6.07, 6.45) is 0. The molecule has 0 saturated heterocycles. The number of aromatic nitrogens is 3. The molecule has 0 aliphatic carbocycles. The van der Waals surface area contributed by atoms with Crippen molar-refractivity contribution in [2.45, 2.75) is 19.6 Å². The van der Waals surface area contributed by atoms with Crippen LogP contribution in [0.4, 0.5) is 0 Å². The smallest absolute Gasteiger partial charge is 0.363 e. The maximum atomic E-state index is 11.6. The Morgan fingerprint density at radius 3 is 2.41 bits per heavy atom. The Bertz CT molecular complexity index is 515. The molecule has 1 atom stereocenters. The average Bonchev–Trinajstić information content (AvgIpc) is 2.73. The van der Waals surface area contributed by atoms with Crippen LogP contribution in [-0.2, 0) is 15.3 Å². The van der Waals surface area contributed by atoms with Gasteiger partial charge >= 0.3 is 5.97 Å². The van der Waals surface area contributed by atoms with Crippen molar-refractivity contribution in [2.24, 2.45) is 0 Å². The van der Waals surface area contributed by atoms with Crippen LogP contribution < -0.4 is 0 Å². The van der Waals surface area contributed by atoms with Crippen molar-refractivity contribution in [3.8, 4) is 0 Å². The molecule has 1 aromatic heterocycles. The molecule has 17 heavy (non-hydrogen) atoms. The van der Waals surface area contributed by atoms with Crippen molar-refractivity contribution in [1.29, 1.82) is 0 Å². The summed E-state index contributed by atoms with van der Waals surface area (Å²) in [6.45, 7) is 3.15. The first kappa shape index (κ1) is 11.5. The van der Waals surface area contributed by atoms with E-state index in [1.54, 1.807) is 31.2 Å². The van der Waals surface area contributed by atoms with Crippen LogP contribution >= 0.6 is 0 Å². The van der Waals surface area contributed by atoms with E-state index in [0.717, 1.165) is 4.80 Å². The van der Waals surface area contributed by atoms with Crippen molar-refractivity contribution >= 4 is 17.0 Å². The minimum absolute atomic E-state index is 0.190. The second kappa shape index (κ2) is 4.14. The minimum Gasteiger partial charge on any atom is -0.462 e. The second-order valence-electron chi connectivity index (χ2n) is 3.72. The van der Waals surface area contributed by atoms with Gasteiger partial charge in [0.15, 0.2) is 0 Å². The lowest BCUT2D eigenvalue weighted by atomic mass is 10.3. The molecule has 2 aromatic rings. The van der Waals surface area contributed by atoms with Gasteiger partial charge in [0.25, 0.3) is 5.72 Å². The molecule has 1 N–H and O–H groups in total. The standard InChI is InChI=1S/C11H13N3O3/c1-3-17-10(15)11(2,16)14-12-8-6-4-5-7-9(8)13-14/h4-7,16H,3H2,1-2H3. The summed E-state index contributed by atoms with van der Waals surface area (Å²) < 4.78 is 4.77. The van der Waals surface area contributed by atoms with E-state index < -0.39 is 11.7 Å². The Labute approximate surface area is 97.8 Å². The van der Waals surface area contributed by atoms with E-state index >= 15 is 0 Å². The maximum absolute atomic E-state index is 11.6. The highest BCUT2D eigenvalue weighted by molar-refractivity contribution is 5.77. The van der Waals surface area contributed by atoms with Crippen molar-refractivity contribution in [3.63, 3.8) is 0 Å². The van der Waals surface area contributed by atoms with Gasteiger partial charge in [-0.05, 0) is 26.0 Å². The Hall–Kier alpha value is -1.95. The average molecular weight is 235 g/mol.